The lowest BCUT2D eigenvalue weighted by Gasteiger charge is -2.06. The van der Waals surface area contributed by atoms with Gasteiger partial charge in [-0.15, -0.1) is 0 Å². The van der Waals surface area contributed by atoms with Crippen molar-refractivity contribution in [2.24, 2.45) is 5.84 Å². The van der Waals surface area contributed by atoms with Crippen LogP contribution < -0.4 is 11.3 Å². The molecule has 0 aliphatic rings. The fraction of sp³-hybridized carbons (Fsp3) is 0. The lowest BCUT2D eigenvalue weighted by atomic mass is 10.4. The van der Waals surface area contributed by atoms with Gasteiger partial charge in [0.1, 0.15) is 5.03 Å². The highest BCUT2D eigenvalue weighted by atomic mass is 79.9. The molecule has 2 heterocycles. The van der Waals surface area contributed by atoms with Gasteiger partial charge in [0, 0.05) is 21.8 Å². The number of hydrogen-bond acceptors (Lipinski definition) is 5. The summed E-state index contributed by atoms with van der Waals surface area (Å²) in [7, 11) is 0. The van der Waals surface area contributed by atoms with Gasteiger partial charge in [-0.05, 0) is 18.2 Å². The number of fused-ring (bicyclic) bond motifs is 1. The maximum Gasteiger partial charge on any atom is 0.170 e. The van der Waals surface area contributed by atoms with Gasteiger partial charge >= 0.3 is 0 Å². The van der Waals surface area contributed by atoms with Crippen molar-refractivity contribution in [2.75, 3.05) is 5.43 Å². The first-order chi connectivity index (χ1) is 9.26. The Kier molecular flexibility index (Phi) is 3.41. The van der Waals surface area contributed by atoms with Crippen LogP contribution in [0.15, 0.2) is 57.3 Å². The minimum atomic E-state index is 0.600. The summed E-state index contributed by atoms with van der Waals surface area (Å²) in [6, 6.07) is 8.04. The lowest BCUT2D eigenvalue weighted by molar-refractivity contribution is 1.02. The Morgan fingerprint density at radius 2 is 2.26 bits per heavy atom. The Bertz CT molecular complexity index is 727. The van der Waals surface area contributed by atoms with Crippen LogP contribution in [0.5, 0.6) is 0 Å². The summed E-state index contributed by atoms with van der Waals surface area (Å²) < 4.78 is 2.92. The van der Waals surface area contributed by atoms with Gasteiger partial charge in [-0.3, -0.25) is 0 Å². The molecular weight excluding hydrogens is 326 g/mol. The van der Waals surface area contributed by atoms with Crippen molar-refractivity contribution in [3.05, 3.63) is 47.3 Å². The third-order valence-electron chi connectivity index (χ3n) is 2.50. The lowest BCUT2D eigenvalue weighted by Crippen LogP contribution is -2.10. The number of imidazole rings is 1. The zero-order valence-electron chi connectivity index (χ0n) is 9.75. The number of nitrogens with one attached hydrogen (secondary N) is 1. The summed E-state index contributed by atoms with van der Waals surface area (Å²) >= 11 is 5.00. The van der Waals surface area contributed by atoms with Crippen molar-refractivity contribution < 1.29 is 0 Å². The van der Waals surface area contributed by atoms with Crippen molar-refractivity contribution in [1.29, 1.82) is 0 Å². The molecule has 0 amide bonds. The molecule has 0 spiro atoms. The van der Waals surface area contributed by atoms with E-state index in [0.29, 0.717) is 5.82 Å². The van der Waals surface area contributed by atoms with Gasteiger partial charge in [-0.2, -0.15) is 0 Å². The Morgan fingerprint density at radius 1 is 1.37 bits per heavy atom. The average Bonchev–Trinajstić information content (AvgIpc) is 2.87. The van der Waals surface area contributed by atoms with Gasteiger partial charge in [0.25, 0.3) is 0 Å². The minimum absolute atomic E-state index is 0.600. The molecule has 0 saturated heterocycles. The predicted molar refractivity (Wildman–Crippen MR) is 79.1 cm³/mol. The smallest absolute Gasteiger partial charge is 0.170 e. The number of rotatable bonds is 3. The number of hydrazine groups is 1. The number of hydrogen-bond donors (Lipinski definition) is 2. The minimum Gasteiger partial charge on any atom is -0.307 e. The van der Waals surface area contributed by atoms with Gasteiger partial charge in [0.05, 0.1) is 6.20 Å². The first kappa shape index (κ1) is 12.5. The molecule has 1 aromatic carbocycles. The van der Waals surface area contributed by atoms with E-state index in [-0.39, 0.29) is 0 Å². The molecule has 19 heavy (non-hydrogen) atoms. The van der Waals surface area contributed by atoms with Crippen LogP contribution in [-0.4, -0.2) is 14.4 Å². The number of nitrogens with two attached hydrogens (primary N) is 1. The summed E-state index contributed by atoms with van der Waals surface area (Å²) in [6.45, 7) is 0. The molecule has 0 aliphatic carbocycles. The van der Waals surface area contributed by atoms with Crippen LogP contribution in [0, 0.1) is 0 Å². The highest BCUT2D eigenvalue weighted by Crippen LogP contribution is 2.31. The first-order valence-corrected chi connectivity index (χ1v) is 7.11. The fourth-order valence-corrected chi connectivity index (χ4v) is 3.18. The Morgan fingerprint density at radius 3 is 3.05 bits per heavy atom. The molecule has 3 aromatic rings. The van der Waals surface area contributed by atoms with E-state index in [2.05, 4.69) is 31.3 Å². The summed E-state index contributed by atoms with van der Waals surface area (Å²) in [5.41, 5.74) is 3.37. The molecule has 2 aromatic heterocycles. The monoisotopic (exact) mass is 335 g/mol. The Hall–Kier alpha value is -1.57. The van der Waals surface area contributed by atoms with Gasteiger partial charge in [0.2, 0.25) is 0 Å². The summed E-state index contributed by atoms with van der Waals surface area (Å²) in [5, 5.41) is 0.804. The molecule has 0 unspecified atom stereocenters. The van der Waals surface area contributed by atoms with E-state index in [9.17, 15) is 0 Å². The highest BCUT2D eigenvalue weighted by molar-refractivity contribution is 9.10. The van der Waals surface area contributed by atoms with Gasteiger partial charge in [-0.1, -0.05) is 33.8 Å². The van der Waals surface area contributed by atoms with E-state index >= 15 is 0 Å². The normalized spacial score (nSPS) is 10.8. The van der Waals surface area contributed by atoms with Crippen molar-refractivity contribution >= 4 is 39.2 Å². The molecule has 0 radical (unpaired) electrons. The van der Waals surface area contributed by atoms with Crippen LogP contribution in [0.25, 0.3) is 5.65 Å². The molecule has 0 atom stereocenters. The number of nitrogens with zero attached hydrogens (tertiary/aromatic N) is 3. The van der Waals surface area contributed by atoms with Crippen LogP contribution >= 0.6 is 27.7 Å². The summed E-state index contributed by atoms with van der Waals surface area (Å²) in [6.07, 6.45) is 5.40. The number of benzene rings is 1. The van der Waals surface area contributed by atoms with E-state index in [1.54, 1.807) is 24.2 Å². The third kappa shape index (κ3) is 2.58. The van der Waals surface area contributed by atoms with Crippen molar-refractivity contribution in [3.63, 3.8) is 0 Å². The molecule has 7 heteroatoms. The second-order valence-corrected chi connectivity index (χ2v) is 5.77. The third-order valence-corrected chi connectivity index (χ3v) is 3.95. The molecule has 0 saturated carbocycles. The largest absolute Gasteiger partial charge is 0.307 e. The van der Waals surface area contributed by atoms with Crippen molar-refractivity contribution in [2.45, 2.75) is 9.92 Å². The van der Waals surface area contributed by atoms with E-state index in [1.807, 2.05) is 34.9 Å². The van der Waals surface area contributed by atoms with Crippen molar-refractivity contribution in [3.8, 4) is 0 Å². The maximum absolute atomic E-state index is 5.43. The van der Waals surface area contributed by atoms with Crippen LogP contribution in [0.4, 0.5) is 5.82 Å². The van der Waals surface area contributed by atoms with E-state index in [1.165, 1.54) is 0 Å². The van der Waals surface area contributed by atoms with Crippen molar-refractivity contribution in [1.82, 2.24) is 14.4 Å². The number of nitrogen functional groups attached to an aromatic ring is 1. The second-order valence-electron chi connectivity index (χ2n) is 3.79. The number of halogens is 1. The molecule has 0 fully saturated rings. The summed E-state index contributed by atoms with van der Waals surface area (Å²) in [5.74, 6) is 6.03. The molecule has 0 bridgehead atoms. The van der Waals surface area contributed by atoms with Crippen LogP contribution in [0.1, 0.15) is 0 Å². The highest BCUT2D eigenvalue weighted by Gasteiger charge is 2.09. The van der Waals surface area contributed by atoms with E-state index in [4.69, 9.17) is 5.84 Å². The first-order valence-electron chi connectivity index (χ1n) is 5.50. The number of anilines is 1. The zero-order valence-corrected chi connectivity index (χ0v) is 12.1. The quantitative estimate of drug-likeness (QED) is 0.569. The number of aromatic nitrogens is 3. The standard InChI is InChI=1S/C12H10BrN5S/c13-8-2-1-3-9(6-8)19-12-11-15-4-5-18(11)7-10(16-12)17-14/h1-7,17H,14H2. The fourth-order valence-electron chi connectivity index (χ4n) is 1.68. The molecular formula is C12H10BrN5S. The average molecular weight is 336 g/mol. The maximum atomic E-state index is 5.43. The Balaban J connectivity index is 2.06. The molecule has 5 nitrogen and oxygen atoms in total. The van der Waals surface area contributed by atoms with Gasteiger partial charge in [0.15, 0.2) is 11.5 Å². The topological polar surface area (TPSA) is 68.2 Å². The zero-order chi connectivity index (χ0) is 13.2. The second kappa shape index (κ2) is 5.20. The van der Waals surface area contributed by atoms with Gasteiger partial charge < -0.3 is 9.83 Å². The van der Waals surface area contributed by atoms with Crippen LogP contribution in [-0.2, 0) is 0 Å². The molecule has 3 rings (SSSR count). The van der Waals surface area contributed by atoms with E-state index in [0.717, 1.165) is 20.0 Å². The van der Waals surface area contributed by atoms with Crippen LogP contribution in [0.2, 0.25) is 0 Å². The predicted octanol–water partition coefficient (Wildman–Crippen LogP) is 2.93. The van der Waals surface area contributed by atoms with E-state index < -0.39 is 0 Å². The van der Waals surface area contributed by atoms with Gasteiger partial charge in [-0.25, -0.2) is 15.8 Å². The SMILES string of the molecule is NNc1cn2ccnc2c(Sc2cccc(Br)c2)n1. The molecule has 96 valence electrons. The van der Waals surface area contributed by atoms with Crippen LogP contribution in [0.3, 0.4) is 0 Å². The molecule has 0 aliphatic heterocycles. The molecule has 3 N–H and O–H groups in total. The summed E-state index contributed by atoms with van der Waals surface area (Å²) in [4.78, 5) is 9.84. The Labute approximate surface area is 122 Å².